The van der Waals surface area contributed by atoms with Gasteiger partial charge in [-0.05, 0) is 0 Å². The molecule has 1 heterocycles. The predicted octanol–water partition coefficient (Wildman–Crippen LogP) is 7.90. The summed E-state index contributed by atoms with van der Waals surface area (Å²) in [6.07, 6.45) is 16.3. The van der Waals surface area contributed by atoms with Crippen LogP contribution in [0.5, 0.6) is 0 Å². The van der Waals surface area contributed by atoms with E-state index >= 15 is 0 Å². The van der Waals surface area contributed by atoms with Crippen molar-refractivity contribution in [2.24, 2.45) is 0 Å². The van der Waals surface area contributed by atoms with Gasteiger partial charge >= 0.3 is 174 Å². The average molecular weight is 481 g/mol. The van der Waals surface area contributed by atoms with E-state index < -0.39 is 19.2 Å². The molecule has 1 aliphatic rings. The van der Waals surface area contributed by atoms with Crippen LogP contribution in [0.3, 0.4) is 0 Å². The Hall–Kier alpha value is -0.0613. The summed E-state index contributed by atoms with van der Waals surface area (Å²) in [5.74, 6) is 0. The van der Waals surface area contributed by atoms with Crippen molar-refractivity contribution in [1.29, 1.82) is 0 Å². The fraction of sp³-hybridized carbons (Fsp3) is 0.750. The zero-order valence-corrected chi connectivity index (χ0v) is 20.8. The summed E-state index contributed by atoms with van der Waals surface area (Å²) in [6.45, 7) is 6.16. The summed E-state index contributed by atoms with van der Waals surface area (Å²) < 4.78 is 15.8. The van der Waals surface area contributed by atoms with Crippen LogP contribution >= 0.6 is 0 Å². The van der Waals surface area contributed by atoms with E-state index in [1.54, 1.807) is 0 Å². The first kappa shape index (κ1) is 23.2. The first-order valence-corrected chi connectivity index (χ1v) is 18.0. The third kappa shape index (κ3) is 8.87. The quantitative estimate of drug-likeness (QED) is 0.199. The molecule has 0 atom stereocenters. The minimum absolute atomic E-state index is 0.790. The maximum absolute atomic E-state index is 6.66. The van der Waals surface area contributed by atoms with Crippen molar-refractivity contribution < 1.29 is 6.15 Å². The van der Waals surface area contributed by atoms with E-state index in [1.165, 1.54) is 97.1 Å². The van der Waals surface area contributed by atoms with Gasteiger partial charge in [-0.25, -0.2) is 0 Å². The molecular weight excluding hydrogens is 439 g/mol. The molecule has 154 valence electrons. The second kappa shape index (κ2) is 14.0. The molecule has 27 heavy (non-hydrogen) atoms. The molecule has 1 aliphatic heterocycles. The molecule has 1 aromatic carbocycles. The molecule has 0 bridgehead atoms. The van der Waals surface area contributed by atoms with E-state index in [4.69, 9.17) is 6.15 Å². The third-order valence-corrected chi connectivity index (χ3v) is 16.1. The Morgan fingerprint density at radius 3 is 1.48 bits per heavy atom. The third-order valence-electron chi connectivity index (χ3n) is 5.92. The molecule has 0 aromatic heterocycles. The fourth-order valence-electron chi connectivity index (χ4n) is 4.06. The van der Waals surface area contributed by atoms with Gasteiger partial charge in [0.15, 0.2) is 0 Å². The van der Waals surface area contributed by atoms with Crippen molar-refractivity contribution in [3.8, 4) is 0 Å². The molecular formula is C24H42O2Sn. The second-order valence-electron chi connectivity index (χ2n) is 8.29. The van der Waals surface area contributed by atoms with Gasteiger partial charge in [0.25, 0.3) is 0 Å². The molecule has 0 aliphatic carbocycles. The van der Waals surface area contributed by atoms with E-state index in [2.05, 4.69) is 38.1 Å². The van der Waals surface area contributed by atoms with E-state index in [0.717, 1.165) is 13.2 Å². The number of benzene rings is 1. The number of hydrogen-bond donors (Lipinski definition) is 0. The zero-order valence-electron chi connectivity index (χ0n) is 17.9. The Morgan fingerprint density at radius 2 is 1.04 bits per heavy atom. The average Bonchev–Trinajstić information content (AvgIpc) is 2.88. The molecule has 0 spiro atoms. The van der Waals surface area contributed by atoms with Gasteiger partial charge in [0, 0.05) is 0 Å². The zero-order chi connectivity index (χ0) is 19.2. The molecule has 2 nitrogen and oxygen atoms in total. The predicted molar refractivity (Wildman–Crippen MR) is 118 cm³/mol. The molecule has 0 unspecified atom stereocenters. The van der Waals surface area contributed by atoms with Crippen LogP contribution in [0.2, 0.25) is 8.87 Å². The molecule has 0 saturated heterocycles. The van der Waals surface area contributed by atoms with Gasteiger partial charge in [-0.3, -0.25) is 0 Å². The first-order valence-electron chi connectivity index (χ1n) is 11.6. The van der Waals surface area contributed by atoms with Gasteiger partial charge in [0.05, 0.1) is 0 Å². The Labute approximate surface area is 173 Å². The molecule has 0 saturated carbocycles. The molecule has 3 heteroatoms. The van der Waals surface area contributed by atoms with Gasteiger partial charge in [-0.15, -0.1) is 0 Å². The van der Waals surface area contributed by atoms with Crippen LogP contribution in [0.1, 0.15) is 102 Å². The van der Waals surface area contributed by atoms with Crippen molar-refractivity contribution in [1.82, 2.24) is 0 Å². The van der Waals surface area contributed by atoms with E-state index in [9.17, 15) is 0 Å². The van der Waals surface area contributed by atoms with Crippen LogP contribution in [0.25, 0.3) is 0 Å². The monoisotopic (exact) mass is 482 g/mol. The maximum atomic E-state index is 6.66. The van der Waals surface area contributed by atoms with Gasteiger partial charge in [-0.1, -0.05) is 0 Å². The van der Waals surface area contributed by atoms with Crippen molar-refractivity contribution in [2.75, 3.05) is 0 Å². The summed E-state index contributed by atoms with van der Waals surface area (Å²) >= 11 is -2.94. The van der Waals surface area contributed by atoms with Crippen LogP contribution in [-0.4, -0.2) is 19.2 Å². The SMILES string of the molecule is CCCCCCC[CH2][Sn]1([CH2]CCCCCCC)[O]Cc2ccccc2C[O]1. The molecule has 1 aromatic rings. The van der Waals surface area contributed by atoms with Crippen LogP contribution in [-0.2, 0) is 19.4 Å². The standard InChI is InChI=1S/C8H8O2.2C8H17.Sn/c9-5-7-3-1-2-4-8(7)6-10;2*1-3-5-7-8-6-4-2;/h1-4H,5-6H2;2*1,3-8H2,2H3;/q-2;;;+2. The van der Waals surface area contributed by atoms with Crippen molar-refractivity contribution >= 4 is 19.2 Å². The second-order valence-corrected chi connectivity index (χ2v) is 18.0. The van der Waals surface area contributed by atoms with Crippen molar-refractivity contribution in [3.63, 3.8) is 0 Å². The minimum atomic E-state index is -2.94. The number of unbranched alkanes of at least 4 members (excludes halogenated alkanes) is 10. The van der Waals surface area contributed by atoms with Gasteiger partial charge < -0.3 is 0 Å². The van der Waals surface area contributed by atoms with Crippen LogP contribution in [0, 0.1) is 0 Å². The topological polar surface area (TPSA) is 18.5 Å². The van der Waals surface area contributed by atoms with Crippen LogP contribution in [0.15, 0.2) is 24.3 Å². The summed E-state index contributed by atoms with van der Waals surface area (Å²) in [6, 6.07) is 8.70. The normalized spacial score (nSPS) is 16.1. The number of fused-ring (bicyclic) bond motifs is 1. The van der Waals surface area contributed by atoms with E-state index in [0.29, 0.717) is 0 Å². The van der Waals surface area contributed by atoms with Crippen molar-refractivity contribution in [3.05, 3.63) is 35.4 Å². The summed E-state index contributed by atoms with van der Waals surface area (Å²) in [4.78, 5) is 0. The molecule has 0 radical (unpaired) electrons. The molecule has 0 amide bonds. The summed E-state index contributed by atoms with van der Waals surface area (Å²) in [5, 5.41) is 0. The molecule has 0 fully saturated rings. The Bertz CT molecular complexity index is 458. The van der Waals surface area contributed by atoms with Crippen LogP contribution < -0.4 is 0 Å². The Morgan fingerprint density at radius 1 is 0.630 bits per heavy atom. The molecule has 2 rings (SSSR count). The summed E-state index contributed by atoms with van der Waals surface area (Å²) in [5.41, 5.74) is 2.70. The Balaban J connectivity index is 1.84. The van der Waals surface area contributed by atoms with E-state index in [1.807, 2.05) is 0 Å². The number of hydrogen-bond acceptors (Lipinski definition) is 2. The van der Waals surface area contributed by atoms with E-state index in [-0.39, 0.29) is 0 Å². The van der Waals surface area contributed by atoms with Crippen LogP contribution in [0.4, 0.5) is 0 Å². The van der Waals surface area contributed by atoms with Gasteiger partial charge in [-0.2, -0.15) is 0 Å². The number of rotatable bonds is 14. The van der Waals surface area contributed by atoms with Gasteiger partial charge in [0.1, 0.15) is 0 Å². The first-order chi connectivity index (χ1) is 13.3. The van der Waals surface area contributed by atoms with Crippen molar-refractivity contribution in [2.45, 2.75) is 113 Å². The Kier molecular flexibility index (Phi) is 12.0. The fourth-order valence-corrected chi connectivity index (χ4v) is 13.6. The summed E-state index contributed by atoms with van der Waals surface area (Å²) in [7, 11) is 0. The van der Waals surface area contributed by atoms with Gasteiger partial charge in [0.2, 0.25) is 0 Å². The molecule has 0 N–H and O–H groups in total.